The van der Waals surface area contributed by atoms with Gasteiger partial charge in [-0.25, -0.2) is 4.79 Å². The van der Waals surface area contributed by atoms with E-state index in [2.05, 4.69) is 4.74 Å². The molecule has 0 spiro atoms. The van der Waals surface area contributed by atoms with E-state index in [0.717, 1.165) is 0 Å². The van der Waals surface area contributed by atoms with Crippen molar-refractivity contribution in [2.75, 3.05) is 12.8 Å². The highest BCUT2D eigenvalue weighted by atomic mass is 16.5. The Kier molecular flexibility index (Phi) is 3.52. The molecule has 0 radical (unpaired) electrons. The van der Waals surface area contributed by atoms with Gasteiger partial charge in [0.1, 0.15) is 18.1 Å². The first-order chi connectivity index (χ1) is 8.69. The van der Waals surface area contributed by atoms with E-state index < -0.39 is 5.97 Å². The zero-order valence-electron chi connectivity index (χ0n) is 9.88. The fraction of sp³-hybridized carbons (Fsp3) is 0.154. The van der Waals surface area contributed by atoms with Crippen molar-refractivity contribution in [2.24, 2.45) is 0 Å². The molecular weight excluding hydrogens is 234 g/mol. The van der Waals surface area contributed by atoms with Crippen LogP contribution >= 0.6 is 0 Å². The van der Waals surface area contributed by atoms with Crippen molar-refractivity contribution in [3.8, 4) is 5.75 Å². The van der Waals surface area contributed by atoms with Crippen LogP contribution in [0, 0.1) is 0 Å². The van der Waals surface area contributed by atoms with Crippen molar-refractivity contribution >= 4 is 11.7 Å². The van der Waals surface area contributed by atoms with Gasteiger partial charge < -0.3 is 19.6 Å². The van der Waals surface area contributed by atoms with Gasteiger partial charge in [0.15, 0.2) is 0 Å². The first-order valence-corrected chi connectivity index (χ1v) is 5.34. The molecule has 0 atom stereocenters. The van der Waals surface area contributed by atoms with Gasteiger partial charge in [-0.3, -0.25) is 0 Å². The van der Waals surface area contributed by atoms with Gasteiger partial charge in [0.2, 0.25) is 5.76 Å². The summed E-state index contributed by atoms with van der Waals surface area (Å²) in [7, 11) is 1.30. The Morgan fingerprint density at radius 1 is 1.33 bits per heavy atom. The molecule has 0 saturated heterocycles. The first kappa shape index (κ1) is 12.0. The minimum absolute atomic E-state index is 0.156. The van der Waals surface area contributed by atoms with Crippen LogP contribution in [0.3, 0.4) is 0 Å². The first-order valence-electron chi connectivity index (χ1n) is 5.34. The molecule has 1 heterocycles. The predicted molar refractivity (Wildman–Crippen MR) is 65.2 cm³/mol. The number of hydrogen-bond donors (Lipinski definition) is 1. The molecule has 0 saturated carbocycles. The maximum atomic E-state index is 11.2. The molecule has 0 bridgehead atoms. The maximum Gasteiger partial charge on any atom is 0.373 e. The van der Waals surface area contributed by atoms with Crippen molar-refractivity contribution in [3.05, 3.63) is 47.9 Å². The number of esters is 1. The van der Waals surface area contributed by atoms with Crippen LogP contribution in [0.25, 0.3) is 0 Å². The third kappa shape index (κ3) is 2.82. The summed E-state index contributed by atoms with van der Waals surface area (Å²) in [5.41, 5.74) is 6.25. The lowest BCUT2D eigenvalue weighted by atomic mass is 10.3. The lowest BCUT2D eigenvalue weighted by Gasteiger charge is -2.04. The molecule has 0 aliphatic heterocycles. The van der Waals surface area contributed by atoms with Crippen LogP contribution in [0.15, 0.2) is 40.8 Å². The van der Waals surface area contributed by atoms with Crippen LogP contribution in [0.5, 0.6) is 5.75 Å². The summed E-state index contributed by atoms with van der Waals surface area (Å²) in [6.45, 7) is 0.223. The monoisotopic (exact) mass is 247 g/mol. The molecule has 2 aromatic rings. The number of rotatable bonds is 4. The van der Waals surface area contributed by atoms with Crippen LogP contribution < -0.4 is 10.5 Å². The van der Waals surface area contributed by atoms with E-state index in [0.29, 0.717) is 17.2 Å². The second-order valence-corrected chi connectivity index (χ2v) is 3.62. The molecule has 0 fully saturated rings. The quantitative estimate of drug-likeness (QED) is 0.662. The smallest absolute Gasteiger partial charge is 0.373 e. The number of benzene rings is 1. The van der Waals surface area contributed by atoms with E-state index in [9.17, 15) is 4.79 Å². The standard InChI is InChI=1S/C13H13NO4/c1-16-13(15)12-6-5-11(18-12)8-17-10-4-2-3-9(14)7-10/h2-7H,8,14H2,1H3. The molecular formula is C13H13NO4. The lowest BCUT2D eigenvalue weighted by Crippen LogP contribution is -1.99. The summed E-state index contributed by atoms with van der Waals surface area (Å²) in [6.07, 6.45) is 0. The average Bonchev–Trinajstić information content (AvgIpc) is 2.84. The average molecular weight is 247 g/mol. The van der Waals surface area contributed by atoms with Crippen LogP contribution in [0.2, 0.25) is 0 Å². The number of nitrogen functional groups attached to an aromatic ring is 1. The third-order valence-electron chi connectivity index (χ3n) is 2.29. The zero-order chi connectivity index (χ0) is 13.0. The number of methoxy groups -OCH3 is 1. The zero-order valence-corrected chi connectivity index (χ0v) is 9.88. The summed E-state index contributed by atoms with van der Waals surface area (Å²) < 4.78 is 15.3. The number of anilines is 1. The molecule has 18 heavy (non-hydrogen) atoms. The van der Waals surface area contributed by atoms with Gasteiger partial charge in [-0.15, -0.1) is 0 Å². The van der Waals surface area contributed by atoms with Gasteiger partial charge in [-0.05, 0) is 24.3 Å². The number of furan rings is 1. The fourth-order valence-corrected chi connectivity index (χ4v) is 1.42. The van der Waals surface area contributed by atoms with Gasteiger partial charge in [-0.1, -0.05) is 6.07 Å². The SMILES string of the molecule is COC(=O)c1ccc(COc2cccc(N)c2)o1. The van der Waals surface area contributed by atoms with Gasteiger partial charge in [0, 0.05) is 11.8 Å². The molecule has 5 heteroatoms. The molecule has 0 aliphatic carbocycles. The molecule has 5 nitrogen and oxygen atoms in total. The van der Waals surface area contributed by atoms with E-state index in [1.807, 2.05) is 0 Å². The summed E-state index contributed by atoms with van der Waals surface area (Å²) in [5.74, 6) is 0.831. The van der Waals surface area contributed by atoms with Gasteiger partial charge in [-0.2, -0.15) is 0 Å². The largest absolute Gasteiger partial charge is 0.486 e. The van der Waals surface area contributed by atoms with E-state index in [-0.39, 0.29) is 12.4 Å². The lowest BCUT2D eigenvalue weighted by molar-refractivity contribution is 0.0561. The van der Waals surface area contributed by atoms with Gasteiger partial charge in [0.05, 0.1) is 7.11 Å². The number of hydrogen-bond acceptors (Lipinski definition) is 5. The van der Waals surface area contributed by atoms with E-state index in [1.165, 1.54) is 7.11 Å². The summed E-state index contributed by atoms with van der Waals surface area (Å²) in [6, 6.07) is 10.3. The normalized spacial score (nSPS) is 10.1. The predicted octanol–water partition coefficient (Wildman–Crippen LogP) is 2.23. The number of nitrogens with two attached hydrogens (primary N) is 1. The molecule has 2 N–H and O–H groups in total. The van der Waals surface area contributed by atoms with Crippen LogP contribution in [-0.2, 0) is 11.3 Å². The second kappa shape index (κ2) is 5.27. The topological polar surface area (TPSA) is 74.7 Å². The Morgan fingerprint density at radius 2 is 2.17 bits per heavy atom. The molecule has 0 aliphatic rings. The maximum absolute atomic E-state index is 11.2. The Hall–Kier alpha value is -2.43. The van der Waals surface area contributed by atoms with Crippen LogP contribution in [0.1, 0.15) is 16.3 Å². The summed E-state index contributed by atoms with van der Waals surface area (Å²) in [4.78, 5) is 11.2. The van der Waals surface area contributed by atoms with Crippen molar-refractivity contribution in [3.63, 3.8) is 0 Å². The Balaban J connectivity index is 1.98. The molecule has 2 rings (SSSR count). The highest BCUT2D eigenvalue weighted by Gasteiger charge is 2.11. The van der Waals surface area contributed by atoms with E-state index >= 15 is 0 Å². The Morgan fingerprint density at radius 3 is 2.89 bits per heavy atom. The molecule has 0 unspecified atom stereocenters. The Labute approximate surface area is 104 Å². The second-order valence-electron chi connectivity index (χ2n) is 3.62. The van der Waals surface area contributed by atoms with Crippen LogP contribution in [-0.4, -0.2) is 13.1 Å². The molecule has 94 valence electrons. The van der Waals surface area contributed by atoms with E-state index in [1.54, 1.807) is 36.4 Å². The van der Waals surface area contributed by atoms with Gasteiger partial charge in [0.25, 0.3) is 0 Å². The van der Waals surface area contributed by atoms with Crippen molar-refractivity contribution in [1.82, 2.24) is 0 Å². The molecule has 1 aromatic heterocycles. The minimum atomic E-state index is -0.509. The van der Waals surface area contributed by atoms with E-state index in [4.69, 9.17) is 14.9 Å². The minimum Gasteiger partial charge on any atom is -0.486 e. The summed E-state index contributed by atoms with van der Waals surface area (Å²) in [5, 5.41) is 0. The number of carbonyl (C=O) groups is 1. The Bertz CT molecular complexity index is 547. The van der Waals surface area contributed by atoms with Gasteiger partial charge >= 0.3 is 5.97 Å². The van der Waals surface area contributed by atoms with Crippen molar-refractivity contribution in [1.29, 1.82) is 0 Å². The number of carbonyl (C=O) groups excluding carboxylic acids is 1. The highest BCUT2D eigenvalue weighted by Crippen LogP contribution is 2.17. The fourth-order valence-electron chi connectivity index (χ4n) is 1.42. The number of ether oxygens (including phenoxy) is 2. The van der Waals surface area contributed by atoms with Crippen molar-refractivity contribution < 1.29 is 18.7 Å². The summed E-state index contributed by atoms with van der Waals surface area (Å²) >= 11 is 0. The highest BCUT2D eigenvalue weighted by molar-refractivity contribution is 5.86. The third-order valence-corrected chi connectivity index (χ3v) is 2.29. The molecule has 0 amide bonds. The van der Waals surface area contributed by atoms with Crippen LogP contribution in [0.4, 0.5) is 5.69 Å². The van der Waals surface area contributed by atoms with Crippen molar-refractivity contribution in [2.45, 2.75) is 6.61 Å². The molecule has 1 aromatic carbocycles.